The van der Waals surface area contributed by atoms with Crippen LogP contribution >= 0.6 is 15.9 Å². The highest BCUT2D eigenvalue weighted by Gasteiger charge is 1.96. The van der Waals surface area contributed by atoms with Gasteiger partial charge in [0.2, 0.25) is 0 Å². The van der Waals surface area contributed by atoms with Gasteiger partial charge in [-0.15, -0.1) is 0 Å². The van der Waals surface area contributed by atoms with Gasteiger partial charge in [-0.1, -0.05) is 6.07 Å². The summed E-state index contributed by atoms with van der Waals surface area (Å²) < 4.78 is 0.842. The minimum atomic E-state index is 0.839. The smallest absolute Gasteiger partial charge is 0.127 e. The topological polar surface area (TPSA) is 53.6 Å². The fraction of sp³-hybridized carbons (Fsp3) is 0.200. The Morgan fingerprint density at radius 3 is 3.07 bits per heavy atom. The molecule has 2 aromatic heterocycles. The third kappa shape index (κ3) is 3.06. The molecule has 0 saturated carbocycles. The van der Waals surface area contributed by atoms with Gasteiger partial charge in [-0.3, -0.25) is 0 Å². The molecular weight excluding hydrogens is 256 g/mol. The molecule has 0 atom stereocenters. The zero-order chi connectivity index (χ0) is 10.5. The van der Waals surface area contributed by atoms with Crippen LogP contribution in [0, 0.1) is 0 Å². The molecule has 0 saturated heterocycles. The van der Waals surface area contributed by atoms with Crippen molar-refractivity contribution in [2.45, 2.75) is 6.42 Å². The Morgan fingerprint density at radius 1 is 1.40 bits per heavy atom. The van der Waals surface area contributed by atoms with Crippen molar-refractivity contribution in [3.63, 3.8) is 0 Å². The van der Waals surface area contributed by atoms with E-state index in [4.69, 9.17) is 0 Å². The van der Waals surface area contributed by atoms with Gasteiger partial charge in [-0.05, 0) is 28.1 Å². The predicted molar refractivity (Wildman–Crippen MR) is 62.7 cm³/mol. The molecule has 0 aliphatic heterocycles. The van der Waals surface area contributed by atoms with Gasteiger partial charge in [-0.25, -0.2) is 9.97 Å². The van der Waals surface area contributed by atoms with Crippen LogP contribution in [0.3, 0.4) is 0 Å². The first kappa shape index (κ1) is 10.2. The molecule has 0 aliphatic carbocycles. The van der Waals surface area contributed by atoms with Gasteiger partial charge in [0.1, 0.15) is 10.4 Å². The molecule has 2 heterocycles. The van der Waals surface area contributed by atoms with E-state index in [2.05, 4.69) is 36.2 Å². The van der Waals surface area contributed by atoms with Gasteiger partial charge >= 0.3 is 0 Å². The lowest BCUT2D eigenvalue weighted by molar-refractivity contribution is 0.966. The molecule has 2 rings (SSSR count). The quantitative estimate of drug-likeness (QED) is 0.835. The van der Waals surface area contributed by atoms with Crippen molar-refractivity contribution < 1.29 is 0 Å². The van der Waals surface area contributed by atoms with Crippen LogP contribution in [-0.2, 0) is 6.42 Å². The van der Waals surface area contributed by atoms with E-state index in [1.807, 2.05) is 24.4 Å². The SMILES string of the molecule is Brc1cccc(NCCc2cnc[nH]2)n1. The molecule has 4 nitrogen and oxygen atoms in total. The molecule has 0 amide bonds. The zero-order valence-corrected chi connectivity index (χ0v) is 9.66. The van der Waals surface area contributed by atoms with Gasteiger partial charge in [0.25, 0.3) is 0 Å². The van der Waals surface area contributed by atoms with E-state index in [1.54, 1.807) is 6.33 Å². The number of nitrogens with one attached hydrogen (secondary N) is 2. The molecule has 5 heteroatoms. The number of imidazole rings is 1. The van der Waals surface area contributed by atoms with E-state index >= 15 is 0 Å². The van der Waals surface area contributed by atoms with Crippen LogP contribution in [0.25, 0.3) is 0 Å². The van der Waals surface area contributed by atoms with Crippen molar-refractivity contribution in [1.82, 2.24) is 15.0 Å². The molecular formula is C10H11BrN4. The maximum atomic E-state index is 4.27. The Balaban J connectivity index is 1.83. The second-order valence-corrected chi connectivity index (χ2v) is 3.91. The number of hydrogen-bond acceptors (Lipinski definition) is 3. The second-order valence-electron chi connectivity index (χ2n) is 3.10. The lowest BCUT2D eigenvalue weighted by atomic mass is 10.3. The number of aromatic amines is 1. The largest absolute Gasteiger partial charge is 0.370 e. The second kappa shape index (κ2) is 4.93. The molecule has 0 spiro atoms. The van der Waals surface area contributed by atoms with Crippen molar-refractivity contribution in [2.75, 3.05) is 11.9 Å². The van der Waals surface area contributed by atoms with Crippen LogP contribution in [0.15, 0.2) is 35.3 Å². The Labute approximate surface area is 96.3 Å². The Hall–Kier alpha value is -1.36. The van der Waals surface area contributed by atoms with Crippen molar-refractivity contribution in [2.24, 2.45) is 0 Å². The number of hydrogen-bond donors (Lipinski definition) is 2. The Kier molecular flexibility index (Phi) is 3.34. The highest BCUT2D eigenvalue weighted by atomic mass is 79.9. The molecule has 2 aromatic rings. The van der Waals surface area contributed by atoms with Gasteiger partial charge < -0.3 is 10.3 Å². The van der Waals surface area contributed by atoms with E-state index in [0.717, 1.165) is 29.1 Å². The summed E-state index contributed by atoms with van der Waals surface area (Å²) >= 11 is 3.33. The maximum absolute atomic E-state index is 4.27. The summed E-state index contributed by atoms with van der Waals surface area (Å²) in [4.78, 5) is 11.3. The van der Waals surface area contributed by atoms with E-state index in [-0.39, 0.29) is 0 Å². The van der Waals surface area contributed by atoms with Crippen molar-refractivity contribution in [1.29, 1.82) is 0 Å². The number of rotatable bonds is 4. The molecule has 78 valence electrons. The molecule has 0 aliphatic rings. The third-order valence-electron chi connectivity index (χ3n) is 1.97. The van der Waals surface area contributed by atoms with Gasteiger partial charge in [0.05, 0.1) is 6.33 Å². The molecule has 0 radical (unpaired) electrons. The van der Waals surface area contributed by atoms with Crippen molar-refractivity contribution in [3.05, 3.63) is 41.0 Å². The van der Waals surface area contributed by atoms with Crippen LogP contribution in [-0.4, -0.2) is 21.5 Å². The first-order valence-corrected chi connectivity index (χ1v) is 5.47. The van der Waals surface area contributed by atoms with Crippen molar-refractivity contribution >= 4 is 21.7 Å². The first-order valence-electron chi connectivity index (χ1n) is 4.68. The van der Waals surface area contributed by atoms with E-state index in [1.165, 1.54) is 0 Å². The number of anilines is 1. The monoisotopic (exact) mass is 266 g/mol. The fourth-order valence-corrected chi connectivity index (χ4v) is 1.60. The highest BCUT2D eigenvalue weighted by Crippen LogP contribution is 2.09. The number of H-pyrrole nitrogens is 1. The predicted octanol–water partition coefficient (Wildman–Crippen LogP) is 2.22. The Bertz CT molecular complexity index is 413. The van der Waals surface area contributed by atoms with E-state index in [0.29, 0.717) is 0 Å². The Morgan fingerprint density at radius 2 is 2.33 bits per heavy atom. The summed E-state index contributed by atoms with van der Waals surface area (Å²) in [6.07, 6.45) is 4.43. The van der Waals surface area contributed by atoms with Crippen LogP contribution < -0.4 is 5.32 Å². The summed E-state index contributed by atoms with van der Waals surface area (Å²) in [5.41, 5.74) is 1.12. The van der Waals surface area contributed by atoms with Crippen LogP contribution in [0.5, 0.6) is 0 Å². The number of pyridine rings is 1. The van der Waals surface area contributed by atoms with Crippen LogP contribution in [0.4, 0.5) is 5.82 Å². The minimum absolute atomic E-state index is 0.839. The molecule has 0 fully saturated rings. The summed E-state index contributed by atoms with van der Waals surface area (Å²) in [5, 5.41) is 3.23. The van der Waals surface area contributed by atoms with Gasteiger partial charge in [0, 0.05) is 24.9 Å². The third-order valence-corrected chi connectivity index (χ3v) is 2.41. The zero-order valence-electron chi connectivity index (χ0n) is 8.07. The van der Waals surface area contributed by atoms with Crippen LogP contribution in [0.2, 0.25) is 0 Å². The molecule has 15 heavy (non-hydrogen) atoms. The van der Waals surface area contributed by atoms with Crippen molar-refractivity contribution in [3.8, 4) is 0 Å². The van der Waals surface area contributed by atoms with Gasteiger partial charge in [0.15, 0.2) is 0 Å². The normalized spacial score (nSPS) is 10.2. The summed E-state index contributed by atoms with van der Waals surface area (Å²) in [6, 6.07) is 5.80. The van der Waals surface area contributed by atoms with E-state index < -0.39 is 0 Å². The number of nitrogens with zero attached hydrogens (tertiary/aromatic N) is 2. The first-order chi connectivity index (χ1) is 7.34. The maximum Gasteiger partial charge on any atom is 0.127 e. The number of halogens is 1. The highest BCUT2D eigenvalue weighted by molar-refractivity contribution is 9.10. The standard InChI is InChI=1S/C10H11BrN4/c11-9-2-1-3-10(15-9)13-5-4-8-6-12-7-14-8/h1-3,6-7H,4-5H2,(H,12,14)(H,13,15). The summed E-state index contributed by atoms with van der Waals surface area (Å²) in [6.45, 7) is 0.839. The molecule has 0 unspecified atom stereocenters. The van der Waals surface area contributed by atoms with Gasteiger partial charge in [-0.2, -0.15) is 0 Å². The molecule has 0 aromatic carbocycles. The summed E-state index contributed by atoms with van der Waals surface area (Å²) in [7, 11) is 0. The molecule has 2 N–H and O–H groups in total. The average molecular weight is 267 g/mol. The number of aromatic nitrogens is 3. The minimum Gasteiger partial charge on any atom is -0.370 e. The molecule has 0 bridgehead atoms. The lowest BCUT2D eigenvalue weighted by Gasteiger charge is -2.04. The average Bonchev–Trinajstić information content (AvgIpc) is 2.71. The summed E-state index contributed by atoms with van der Waals surface area (Å²) in [5.74, 6) is 0.879. The lowest BCUT2D eigenvalue weighted by Crippen LogP contribution is -2.06. The van der Waals surface area contributed by atoms with E-state index in [9.17, 15) is 0 Å². The van der Waals surface area contributed by atoms with Crippen LogP contribution in [0.1, 0.15) is 5.69 Å². The fourth-order valence-electron chi connectivity index (χ4n) is 1.25.